The van der Waals surface area contributed by atoms with Crippen molar-refractivity contribution in [2.75, 3.05) is 11.4 Å². The molecule has 0 amide bonds. The van der Waals surface area contributed by atoms with Gasteiger partial charge in [0, 0.05) is 16.9 Å². The highest BCUT2D eigenvalue weighted by atomic mass is 16.3. The van der Waals surface area contributed by atoms with Crippen LogP contribution in [0.15, 0.2) is 84.9 Å². The number of phenolic OH excluding ortho intramolecular Hbond substituents is 1. The summed E-state index contributed by atoms with van der Waals surface area (Å²) in [5.41, 5.74) is 2.40. The Kier molecular flexibility index (Phi) is 4.39. The van der Waals surface area contributed by atoms with Crippen LogP contribution in [0.4, 0.5) is 11.4 Å². The fraction of sp³-hybridized carbons (Fsp3) is 0.0500. The van der Waals surface area contributed by atoms with Crippen molar-refractivity contribution in [3.05, 3.63) is 90.5 Å². The van der Waals surface area contributed by atoms with E-state index in [1.54, 1.807) is 18.2 Å². The number of carbonyl (C=O) groups excluding carboxylic acids is 1. The molecule has 0 aliphatic carbocycles. The highest BCUT2D eigenvalue weighted by molar-refractivity contribution is 6.00. The van der Waals surface area contributed by atoms with E-state index in [2.05, 4.69) is 0 Å². The number of nitrogens with zero attached hydrogens (tertiary/aromatic N) is 1. The minimum Gasteiger partial charge on any atom is -0.508 e. The number of anilines is 2. The first-order valence-electron chi connectivity index (χ1n) is 7.44. The van der Waals surface area contributed by atoms with Crippen molar-refractivity contribution in [2.24, 2.45) is 0 Å². The lowest BCUT2D eigenvalue weighted by Crippen LogP contribution is -2.25. The van der Waals surface area contributed by atoms with E-state index in [1.165, 1.54) is 6.07 Å². The van der Waals surface area contributed by atoms with E-state index in [-0.39, 0.29) is 18.1 Å². The van der Waals surface area contributed by atoms with Gasteiger partial charge in [0.15, 0.2) is 5.78 Å². The molecular formula is C20H17NO2. The van der Waals surface area contributed by atoms with E-state index in [1.807, 2.05) is 65.6 Å². The number of aromatic hydroxyl groups is 1. The lowest BCUT2D eigenvalue weighted by Gasteiger charge is -2.24. The molecule has 3 aromatic rings. The first-order valence-corrected chi connectivity index (χ1v) is 7.44. The molecule has 3 rings (SSSR count). The van der Waals surface area contributed by atoms with Crippen molar-refractivity contribution in [3.8, 4) is 5.75 Å². The Balaban J connectivity index is 1.92. The summed E-state index contributed by atoms with van der Waals surface area (Å²) in [6.07, 6.45) is 0. The van der Waals surface area contributed by atoms with Gasteiger partial charge in [-0.25, -0.2) is 0 Å². The van der Waals surface area contributed by atoms with Crippen molar-refractivity contribution >= 4 is 17.2 Å². The number of benzene rings is 3. The summed E-state index contributed by atoms with van der Waals surface area (Å²) in [6.45, 7) is 0.206. The maximum atomic E-state index is 12.6. The third-order valence-corrected chi connectivity index (χ3v) is 3.61. The predicted molar refractivity (Wildman–Crippen MR) is 92.3 cm³/mol. The van der Waals surface area contributed by atoms with Crippen LogP contribution in [0.2, 0.25) is 0 Å². The normalized spacial score (nSPS) is 10.3. The van der Waals surface area contributed by atoms with Gasteiger partial charge >= 0.3 is 0 Å². The standard InChI is InChI=1S/C20H17NO2/c22-19-13-7-8-16(14-19)20(23)15-21(17-9-3-1-4-10-17)18-11-5-2-6-12-18/h1-14,22H,15H2. The molecule has 0 bridgehead atoms. The molecule has 0 fully saturated rings. The van der Waals surface area contributed by atoms with Gasteiger partial charge in [-0.15, -0.1) is 0 Å². The molecule has 3 heteroatoms. The molecule has 0 spiro atoms. The first-order chi connectivity index (χ1) is 11.2. The van der Waals surface area contributed by atoms with E-state index in [9.17, 15) is 9.90 Å². The highest BCUT2D eigenvalue weighted by Gasteiger charge is 2.15. The highest BCUT2D eigenvalue weighted by Crippen LogP contribution is 2.25. The molecule has 3 aromatic carbocycles. The van der Waals surface area contributed by atoms with Crippen LogP contribution < -0.4 is 4.90 Å². The minimum absolute atomic E-state index is 0.0476. The largest absolute Gasteiger partial charge is 0.508 e. The van der Waals surface area contributed by atoms with E-state index < -0.39 is 0 Å². The van der Waals surface area contributed by atoms with Gasteiger partial charge < -0.3 is 10.0 Å². The molecule has 0 unspecified atom stereocenters. The average Bonchev–Trinajstić information content (AvgIpc) is 2.61. The van der Waals surface area contributed by atoms with Crippen LogP contribution in [0, 0.1) is 0 Å². The molecule has 0 aliphatic heterocycles. The smallest absolute Gasteiger partial charge is 0.182 e. The number of ketones is 1. The molecule has 0 atom stereocenters. The van der Waals surface area contributed by atoms with Crippen LogP contribution in [0.5, 0.6) is 5.75 Å². The molecule has 0 aliphatic rings. The lowest BCUT2D eigenvalue weighted by molar-refractivity contribution is 0.100. The minimum atomic E-state index is -0.0476. The van der Waals surface area contributed by atoms with Gasteiger partial charge in [0.2, 0.25) is 0 Å². The van der Waals surface area contributed by atoms with Crippen molar-refractivity contribution < 1.29 is 9.90 Å². The SMILES string of the molecule is O=C(CN(c1ccccc1)c1ccccc1)c1cccc(O)c1. The second kappa shape index (κ2) is 6.79. The van der Waals surface area contributed by atoms with Gasteiger partial charge in [0.05, 0.1) is 6.54 Å². The Labute approximate surface area is 135 Å². The van der Waals surface area contributed by atoms with Crippen molar-refractivity contribution in [1.82, 2.24) is 0 Å². The maximum Gasteiger partial charge on any atom is 0.182 e. The van der Waals surface area contributed by atoms with Crippen molar-refractivity contribution in [2.45, 2.75) is 0 Å². The van der Waals surface area contributed by atoms with Gasteiger partial charge in [-0.2, -0.15) is 0 Å². The third-order valence-electron chi connectivity index (χ3n) is 3.61. The maximum absolute atomic E-state index is 12.6. The van der Waals surface area contributed by atoms with Gasteiger partial charge in [-0.05, 0) is 36.4 Å². The van der Waals surface area contributed by atoms with Gasteiger partial charge in [-0.3, -0.25) is 4.79 Å². The summed E-state index contributed by atoms with van der Waals surface area (Å²) in [5, 5.41) is 9.56. The van der Waals surface area contributed by atoms with E-state index in [0.29, 0.717) is 5.56 Å². The first kappa shape index (κ1) is 14.9. The second-order valence-electron chi connectivity index (χ2n) is 5.23. The molecule has 1 N–H and O–H groups in total. The number of phenols is 1. The van der Waals surface area contributed by atoms with Crippen LogP contribution in [0.25, 0.3) is 0 Å². The zero-order chi connectivity index (χ0) is 16.1. The van der Waals surface area contributed by atoms with Gasteiger partial charge in [-0.1, -0.05) is 48.5 Å². The van der Waals surface area contributed by atoms with Crippen LogP contribution in [-0.2, 0) is 0 Å². The number of Topliss-reactive ketones (excluding diaryl/α,β-unsaturated/α-hetero) is 1. The number of hydrogen-bond acceptors (Lipinski definition) is 3. The number of carbonyl (C=O) groups is 1. The summed E-state index contributed by atoms with van der Waals surface area (Å²) in [6, 6.07) is 26.0. The Morgan fingerprint density at radius 3 is 1.87 bits per heavy atom. The van der Waals surface area contributed by atoms with Crippen molar-refractivity contribution in [1.29, 1.82) is 0 Å². The molecule has 0 radical (unpaired) electrons. The molecule has 0 aromatic heterocycles. The molecule has 0 heterocycles. The number of hydrogen-bond donors (Lipinski definition) is 1. The molecule has 114 valence electrons. The Hall–Kier alpha value is -3.07. The van der Waals surface area contributed by atoms with E-state index >= 15 is 0 Å². The lowest BCUT2D eigenvalue weighted by atomic mass is 10.1. The fourth-order valence-electron chi connectivity index (χ4n) is 2.46. The summed E-state index contributed by atoms with van der Waals surface area (Å²) in [5.74, 6) is 0.0513. The summed E-state index contributed by atoms with van der Waals surface area (Å²) in [7, 11) is 0. The topological polar surface area (TPSA) is 40.5 Å². The molecular weight excluding hydrogens is 286 g/mol. The quantitative estimate of drug-likeness (QED) is 0.710. The van der Waals surface area contributed by atoms with E-state index in [0.717, 1.165) is 11.4 Å². The third kappa shape index (κ3) is 3.58. The van der Waals surface area contributed by atoms with Gasteiger partial charge in [0.25, 0.3) is 0 Å². The van der Waals surface area contributed by atoms with Crippen LogP contribution in [-0.4, -0.2) is 17.4 Å². The van der Waals surface area contributed by atoms with Crippen molar-refractivity contribution in [3.63, 3.8) is 0 Å². The monoisotopic (exact) mass is 303 g/mol. The summed E-state index contributed by atoms with van der Waals surface area (Å²) < 4.78 is 0. The number of rotatable bonds is 5. The summed E-state index contributed by atoms with van der Waals surface area (Å²) >= 11 is 0. The zero-order valence-electron chi connectivity index (χ0n) is 12.6. The molecule has 0 saturated carbocycles. The second-order valence-corrected chi connectivity index (χ2v) is 5.23. The average molecular weight is 303 g/mol. The molecule has 3 nitrogen and oxygen atoms in total. The van der Waals surface area contributed by atoms with Crippen LogP contribution >= 0.6 is 0 Å². The fourth-order valence-corrected chi connectivity index (χ4v) is 2.46. The predicted octanol–water partition coefficient (Wildman–Crippen LogP) is 4.41. The Morgan fingerprint density at radius 1 is 0.783 bits per heavy atom. The summed E-state index contributed by atoms with van der Waals surface area (Å²) in [4.78, 5) is 14.6. The van der Waals surface area contributed by atoms with E-state index in [4.69, 9.17) is 0 Å². The van der Waals surface area contributed by atoms with Crippen LogP contribution in [0.1, 0.15) is 10.4 Å². The number of para-hydroxylation sites is 2. The zero-order valence-corrected chi connectivity index (χ0v) is 12.6. The van der Waals surface area contributed by atoms with Crippen LogP contribution in [0.3, 0.4) is 0 Å². The molecule has 23 heavy (non-hydrogen) atoms. The molecule has 0 saturated heterocycles. The Bertz CT molecular complexity index is 746. The van der Waals surface area contributed by atoms with Gasteiger partial charge in [0.1, 0.15) is 5.75 Å². The Morgan fingerprint density at radius 2 is 1.35 bits per heavy atom.